The molecule has 0 aliphatic carbocycles. The largest absolute Gasteiger partial charge is 0.456 e. The van der Waals surface area contributed by atoms with Crippen molar-refractivity contribution in [3.05, 3.63) is 89.4 Å². The van der Waals surface area contributed by atoms with Gasteiger partial charge in [0.25, 0.3) is 0 Å². The van der Waals surface area contributed by atoms with Crippen molar-refractivity contribution in [3.8, 4) is 11.5 Å². The zero-order valence-electron chi connectivity index (χ0n) is 16.2. The highest BCUT2D eigenvalue weighted by atomic mass is 79.9. The summed E-state index contributed by atoms with van der Waals surface area (Å²) in [6, 6.07) is 28.9. The van der Waals surface area contributed by atoms with Crippen LogP contribution in [-0.2, 0) is 0 Å². The monoisotopic (exact) mass is 463 g/mol. The average molecular weight is 464 g/mol. The summed E-state index contributed by atoms with van der Waals surface area (Å²) >= 11 is 3.61. The van der Waals surface area contributed by atoms with Gasteiger partial charge in [0.1, 0.15) is 16.7 Å². The zero-order valence-corrected chi connectivity index (χ0v) is 17.8. The van der Waals surface area contributed by atoms with E-state index in [1.807, 2.05) is 36.4 Å². The van der Waals surface area contributed by atoms with E-state index in [9.17, 15) is 0 Å². The summed E-state index contributed by atoms with van der Waals surface area (Å²) in [7, 11) is 0. The fourth-order valence-corrected chi connectivity index (χ4v) is 4.92. The number of rotatable bonds is 1. The maximum atomic E-state index is 6.44. The number of hydrogen-bond donors (Lipinski definition) is 0. The highest BCUT2D eigenvalue weighted by Crippen LogP contribution is 2.41. The molecule has 0 saturated heterocycles. The first-order chi connectivity index (χ1) is 15.3. The lowest BCUT2D eigenvalue weighted by atomic mass is 10.0. The van der Waals surface area contributed by atoms with Crippen molar-refractivity contribution in [3.63, 3.8) is 0 Å². The maximum Gasteiger partial charge on any atom is 0.227 e. The molecule has 2 heterocycles. The molecule has 3 nitrogen and oxygen atoms in total. The van der Waals surface area contributed by atoms with Crippen LogP contribution in [0.4, 0.5) is 0 Å². The van der Waals surface area contributed by atoms with E-state index in [1.54, 1.807) is 0 Å². The van der Waals surface area contributed by atoms with E-state index in [0.29, 0.717) is 5.89 Å². The first-order valence-corrected chi connectivity index (χ1v) is 10.9. The van der Waals surface area contributed by atoms with Gasteiger partial charge in [0, 0.05) is 15.4 Å². The third-order valence-corrected chi connectivity index (χ3v) is 6.45. The van der Waals surface area contributed by atoms with Crippen LogP contribution in [0, 0.1) is 0 Å². The third-order valence-electron chi connectivity index (χ3n) is 5.95. The molecule has 31 heavy (non-hydrogen) atoms. The number of aromatic nitrogens is 1. The van der Waals surface area contributed by atoms with Gasteiger partial charge in [-0.15, -0.1) is 0 Å². The van der Waals surface area contributed by atoms with E-state index in [0.717, 1.165) is 64.6 Å². The van der Waals surface area contributed by atoms with E-state index < -0.39 is 0 Å². The Balaban J connectivity index is 1.62. The lowest BCUT2D eigenvalue weighted by Crippen LogP contribution is -1.80. The van der Waals surface area contributed by atoms with Gasteiger partial charge in [-0.3, -0.25) is 0 Å². The number of oxazole rings is 1. The van der Waals surface area contributed by atoms with Crippen molar-refractivity contribution in [1.82, 2.24) is 4.98 Å². The molecule has 0 bridgehead atoms. The standard InChI is InChI=1S/C27H14BrNO2/c28-17-10-8-16-9-12-22-24(20(16)14-17)25-23(30-22)13-11-21-26(25)31-27(29-21)19-7-3-5-15-4-1-2-6-18(15)19/h1-14H. The molecule has 0 saturated carbocycles. The van der Waals surface area contributed by atoms with Crippen LogP contribution in [0.1, 0.15) is 0 Å². The molecule has 2 aromatic heterocycles. The predicted octanol–water partition coefficient (Wildman–Crippen LogP) is 8.46. The average Bonchev–Trinajstić information content (AvgIpc) is 3.39. The van der Waals surface area contributed by atoms with Crippen molar-refractivity contribution in [2.45, 2.75) is 0 Å². The van der Waals surface area contributed by atoms with Crippen molar-refractivity contribution >= 4 is 70.5 Å². The number of benzene rings is 5. The first kappa shape index (κ1) is 17.1. The van der Waals surface area contributed by atoms with Gasteiger partial charge in [-0.25, -0.2) is 4.98 Å². The zero-order chi connectivity index (χ0) is 20.5. The molecular formula is C27H14BrNO2. The van der Waals surface area contributed by atoms with Crippen LogP contribution < -0.4 is 0 Å². The molecule has 0 N–H and O–H groups in total. The van der Waals surface area contributed by atoms with Crippen molar-refractivity contribution in [2.75, 3.05) is 0 Å². The second kappa shape index (κ2) is 6.19. The summed E-state index contributed by atoms with van der Waals surface area (Å²) in [4.78, 5) is 4.85. The molecule has 0 unspecified atom stereocenters. The minimum absolute atomic E-state index is 0.620. The van der Waals surface area contributed by atoms with E-state index in [-0.39, 0.29) is 0 Å². The second-order valence-corrected chi connectivity index (χ2v) is 8.65. The van der Waals surface area contributed by atoms with E-state index >= 15 is 0 Å². The second-order valence-electron chi connectivity index (χ2n) is 7.74. The molecule has 0 fully saturated rings. The van der Waals surface area contributed by atoms with Crippen LogP contribution in [-0.4, -0.2) is 4.98 Å². The van der Waals surface area contributed by atoms with Crippen LogP contribution in [0.5, 0.6) is 0 Å². The smallest absolute Gasteiger partial charge is 0.227 e. The SMILES string of the molecule is Brc1ccc2ccc3oc4ccc5nc(-c6cccc7ccccc67)oc5c4c3c2c1. The molecule has 146 valence electrons. The molecule has 7 rings (SSSR count). The Hall–Kier alpha value is -3.63. The molecule has 7 aromatic rings. The predicted molar refractivity (Wildman–Crippen MR) is 129 cm³/mol. The Labute approximate surface area is 185 Å². The van der Waals surface area contributed by atoms with Gasteiger partial charge in [0.05, 0.1) is 5.39 Å². The molecule has 5 aromatic carbocycles. The highest BCUT2D eigenvalue weighted by Gasteiger charge is 2.19. The number of fused-ring (bicyclic) bond motifs is 8. The number of hydrogen-bond acceptors (Lipinski definition) is 3. The summed E-state index contributed by atoms with van der Waals surface area (Å²) in [6.07, 6.45) is 0. The summed E-state index contributed by atoms with van der Waals surface area (Å²) in [5.74, 6) is 0.620. The van der Waals surface area contributed by atoms with Gasteiger partial charge >= 0.3 is 0 Å². The molecular weight excluding hydrogens is 450 g/mol. The van der Waals surface area contributed by atoms with Crippen LogP contribution in [0.2, 0.25) is 0 Å². The number of furan rings is 1. The first-order valence-electron chi connectivity index (χ1n) is 10.1. The Kier molecular flexibility index (Phi) is 3.41. The number of nitrogens with zero attached hydrogens (tertiary/aromatic N) is 1. The van der Waals surface area contributed by atoms with Crippen LogP contribution >= 0.6 is 15.9 Å². The molecule has 0 amide bonds. The summed E-state index contributed by atoms with van der Waals surface area (Å²) in [5, 5.41) is 6.59. The van der Waals surface area contributed by atoms with Gasteiger partial charge in [0.2, 0.25) is 5.89 Å². The van der Waals surface area contributed by atoms with E-state index in [2.05, 4.69) is 64.5 Å². The van der Waals surface area contributed by atoms with Crippen LogP contribution in [0.15, 0.2) is 98.2 Å². The van der Waals surface area contributed by atoms with Gasteiger partial charge in [-0.05, 0) is 57.9 Å². The molecule has 0 atom stereocenters. The number of halogens is 1. The molecule has 4 heteroatoms. The molecule has 0 radical (unpaired) electrons. The Morgan fingerprint density at radius 1 is 0.645 bits per heavy atom. The van der Waals surface area contributed by atoms with Crippen LogP contribution in [0.25, 0.3) is 66.0 Å². The quantitative estimate of drug-likeness (QED) is 0.245. The lowest BCUT2D eigenvalue weighted by Gasteiger charge is -2.02. The van der Waals surface area contributed by atoms with Gasteiger partial charge in [-0.1, -0.05) is 64.5 Å². The Morgan fingerprint density at radius 3 is 2.39 bits per heavy atom. The Bertz CT molecular complexity index is 1800. The lowest BCUT2D eigenvalue weighted by molar-refractivity contribution is 0.623. The topological polar surface area (TPSA) is 39.2 Å². The minimum atomic E-state index is 0.620. The van der Waals surface area contributed by atoms with E-state index in [4.69, 9.17) is 13.8 Å². The van der Waals surface area contributed by atoms with Gasteiger partial charge in [0.15, 0.2) is 5.58 Å². The fourth-order valence-electron chi connectivity index (χ4n) is 4.56. The highest BCUT2D eigenvalue weighted by molar-refractivity contribution is 9.10. The van der Waals surface area contributed by atoms with Crippen molar-refractivity contribution in [2.24, 2.45) is 0 Å². The van der Waals surface area contributed by atoms with Gasteiger partial charge < -0.3 is 8.83 Å². The van der Waals surface area contributed by atoms with Crippen LogP contribution in [0.3, 0.4) is 0 Å². The summed E-state index contributed by atoms with van der Waals surface area (Å²) in [6.45, 7) is 0. The van der Waals surface area contributed by atoms with Gasteiger partial charge in [-0.2, -0.15) is 0 Å². The molecule has 0 spiro atoms. The third kappa shape index (κ3) is 2.42. The molecule has 0 aliphatic rings. The van der Waals surface area contributed by atoms with Crippen molar-refractivity contribution < 1.29 is 8.83 Å². The summed E-state index contributed by atoms with van der Waals surface area (Å²) in [5.41, 5.74) is 4.21. The maximum absolute atomic E-state index is 6.44. The van der Waals surface area contributed by atoms with E-state index in [1.165, 1.54) is 0 Å². The fraction of sp³-hybridized carbons (Fsp3) is 0. The normalized spacial score (nSPS) is 12.0. The summed E-state index contributed by atoms with van der Waals surface area (Å²) < 4.78 is 13.7. The Morgan fingerprint density at radius 2 is 1.42 bits per heavy atom. The minimum Gasteiger partial charge on any atom is -0.456 e. The van der Waals surface area contributed by atoms with Crippen molar-refractivity contribution in [1.29, 1.82) is 0 Å². The molecule has 0 aliphatic heterocycles.